The minimum absolute atomic E-state index is 0.185. The van der Waals surface area contributed by atoms with Gasteiger partial charge in [0.15, 0.2) is 5.75 Å². The van der Waals surface area contributed by atoms with Crippen molar-refractivity contribution in [3.63, 3.8) is 0 Å². The van der Waals surface area contributed by atoms with Gasteiger partial charge in [-0.2, -0.15) is 10.2 Å². The lowest BCUT2D eigenvalue weighted by Crippen LogP contribution is -2.18. The van der Waals surface area contributed by atoms with E-state index in [0.29, 0.717) is 0 Å². The molecule has 0 aliphatic carbocycles. The van der Waals surface area contributed by atoms with E-state index in [9.17, 15) is 13.2 Å². The van der Waals surface area contributed by atoms with Gasteiger partial charge in [0.1, 0.15) is 11.8 Å². The highest BCUT2D eigenvalue weighted by molar-refractivity contribution is 5.38. The first-order chi connectivity index (χ1) is 6.96. The third-order valence-corrected chi connectivity index (χ3v) is 1.37. The molecule has 0 aliphatic heterocycles. The Morgan fingerprint density at radius 1 is 1.40 bits per heavy atom. The SMILES string of the molecule is COc1ccc(C#N)nc1OC(F)(F)F. The summed E-state index contributed by atoms with van der Waals surface area (Å²) in [6, 6.07) is 3.99. The molecular formula is C8H5F3N2O2. The van der Waals surface area contributed by atoms with Gasteiger partial charge in [0.2, 0.25) is 0 Å². The number of aromatic nitrogens is 1. The molecule has 0 radical (unpaired) electrons. The summed E-state index contributed by atoms with van der Waals surface area (Å²) in [6.07, 6.45) is -4.87. The molecule has 0 N–H and O–H groups in total. The van der Waals surface area contributed by atoms with Crippen molar-refractivity contribution in [2.45, 2.75) is 6.36 Å². The Kier molecular flexibility index (Phi) is 2.99. The van der Waals surface area contributed by atoms with Crippen LogP contribution in [0.25, 0.3) is 0 Å². The molecule has 0 amide bonds. The van der Waals surface area contributed by atoms with Gasteiger partial charge in [0.05, 0.1) is 7.11 Å². The molecule has 0 aliphatic rings. The van der Waals surface area contributed by atoms with Crippen molar-refractivity contribution in [1.29, 1.82) is 5.26 Å². The predicted molar refractivity (Wildman–Crippen MR) is 42.2 cm³/mol. The zero-order chi connectivity index (χ0) is 11.5. The first kappa shape index (κ1) is 11.1. The molecule has 0 aromatic carbocycles. The number of hydrogen-bond donors (Lipinski definition) is 0. The largest absolute Gasteiger partial charge is 0.574 e. The van der Waals surface area contributed by atoms with E-state index in [-0.39, 0.29) is 11.4 Å². The fourth-order valence-electron chi connectivity index (χ4n) is 0.828. The maximum atomic E-state index is 11.9. The number of halogens is 3. The van der Waals surface area contributed by atoms with Crippen molar-refractivity contribution in [3.8, 4) is 17.7 Å². The number of ether oxygens (including phenoxy) is 2. The van der Waals surface area contributed by atoms with Crippen LogP contribution in [0.1, 0.15) is 5.69 Å². The zero-order valence-corrected chi connectivity index (χ0v) is 7.50. The third kappa shape index (κ3) is 3.02. The van der Waals surface area contributed by atoms with Gasteiger partial charge in [-0.25, -0.2) is 0 Å². The maximum absolute atomic E-state index is 11.9. The lowest BCUT2D eigenvalue weighted by molar-refractivity contribution is -0.276. The van der Waals surface area contributed by atoms with Crippen LogP contribution in [-0.2, 0) is 0 Å². The van der Waals surface area contributed by atoms with Crippen molar-refractivity contribution in [2.24, 2.45) is 0 Å². The van der Waals surface area contributed by atoms with E-state index in [2.05, 4.69) is 14.5 Å². The molecule has 1 heterocycles. The molecule has 0 atom stereocenters. The molecule has 0 saturated carbocycles. The van der Waals surface area contributed by atoms with Crippen molar-refractivity contribution in [3.05, 3.63) is 17.8 Å². The molecule has 1 aromatic rings. The molecule has 0 bridgehead atoms. The predicted octanol–water partition coefficient (Wildman–Crippen LogP) is 1.86. The molecule has 15 heavy (non-hydrogen) atoms. The lowest BCUT2D eigenvalue weighted by Gasteiger charge is -2.10. The number of methoxy groups -OCH3 is 1. The second-order valence-corrected chi connectivity index (χ2v) is 2.36. The molecular weight excluding hydrogens is 213 g/mol. The minimum atomic E-state index is -4.87. The first-order valence-electron chi connectivity index (χ1n) is 3.67. The van der Waals surface area contributed by atoms with Gasteiger partial charge in [-0.1, -0.05) is 0 Å². The first-order valence-corrected chi connectivity index (χ1v) is 3.67. The fraction of sp³-hybridized carbons (Fsp3) is 0.250. The maximum Gasteiger partial charge on any atom is 0.574 e. The zero-order valence-electron chi connectivity index (χ0n) is 7.50. The molecule has 4 nitrogen and oxygen atoms in total. The Morgan fingerprint density at radius 2 is 2.07 bits per heavy atom. The van der Waals surface area contributed by atoms with E-state index in [1.54, 1.807) is 6.07 Å². The second-order valence-electron chi connectivity index (χ2n) is 2.36. The summed E-state index contributed by atoms with van der Waals surface area (Å²) < 4.78 is 43.9. The second kappa shape index (κ2) is 4.04. The van der Waals surface area contributed by atoms with Gasteiger partial charge in [-0.15, -0.1) is 13.2 Å². The molecule has 0 saturated heterocycles. The minimum Gasteiger partial charge on any atom is -0.491 e. The summed E-state index contributed by atoms with van der Waals surface area (Å²) in [5.41, 5.74) is -0.185. The monoisotopic (exact) mass is 218 g/mol. The van der Waals surface area contributed by atoms with Crippen LogP contribution in [0.15, 0.2) is 12.1 Å². The standard InChI is InChI=1S/C8H5F3N2O2/c1-14-6-3-2-5(4-12)13-7(6)15-8(9,10)11/h2-3H,1H3. The van der Waals surface area contributed by atoms with Crippen LogP contribution in [0.5, 0.6) is 11.6 Å². The van der Waals surface area contributed by atoms with Crippen LogP contribution in [0.2, 0.25) is 0 Å². The Bertz CT molecular complexity index is 398. The Hall–Kier alpha value is -1.97. The average molecular weight is 218 g/mol. The van der Waals surface area contributed by atoms with E-state index >= 15 is 0 Å². The van der Waals surface area contributed by atoms with Crippen LogP contribution >= 0.6 is 0 Å². The van der Waals surface area contributed by atoms with E-state index in [0.717, 1.165) is 0 Å². The molecule has 80 valence electrons. The summed E-state index contributed by atoms with van der Waals surface area (Å²) in [7, 11) is 1.17. The number of nitrogens with zero attached hydrogens (tertiary/aromatic N) is 2. The topological polar surface area (TPSA) is 55.1 Å². The normalized spacial score (nSPS) is 10.6. The molecule has 1 rings (SSSR count). The molecule has 7 heteroatoms. The van der Waals surface area contributed by atoms with Crippen LogP contribution in [0.3, 0.4) is 0 Å². The Labute approximate surface area is 82.9 Å². The van der Waals surface area contributed by atoms with Gasteiger partial charge in [-0.05, 0) is 12.1 Å². The van der Waals surface area contributed by atoms with Crippen molar-refractivity contribution in [1.82, 2.24) is 4.98 Å². The third-order valence-electron chi connectivity index (χ3n) is 1.37. The number of alkyl halides is 3. The summed E-state index contributed by atoms with van der Waals surface area (Å²) in [4.78, 5) is 3.32. The summed E-state index contributed by atoms with van der Waals surface area (Å²) in [6.45, 7) is 0. The van der Waals surface area contributed by atoms with Gasteiger partial charge in [0.25, 0.3) is 5.88 Å². The molecule has 0 fully saturated rings. The average Bonchev–Trinajstić information content (AvgIpc) is 2.15. The van der Waals surface area contributed by atoms with Gasteiger partial charge in [0, 0.05) is 0 Å². The highest BCUT2D eigenvalue weighted by Crippen LogP contribution is 2.29. The molecule has 1 aromatic heterocycles. The fourth-order valence-corrected chi connectivity index (χ4v) is 0.828. The van der Waals surface area contributed by atoms with Crippen molar-refractivity contribution < 1.29 is 22.6 Å². The smallest absolute Gasteiger partial charge is 0.491 e. The van der Waals surface area contributed by atoms with Crippen molar-refractivity contribution in [2.75, 3.05) is 7.11 Å². The summed E-state index contributed by atoms with van der Waals surface area (Å²) in [5, 5.41) is 8.43. The highest BCUT2D eigenvalue weighted by Gasteiger charge is 2.33. The van der Waals surface area contributed by atoms with E-state index in [4.69, 9.17) is 5.26 Å². The number of rotatable bonds is 2. The van der Waals surface area contributed by atoms with Crippen molar-refractivity contribution >= 4 is 0 Å². The molecule has 0 spiro atoms. The van der Waals surface area contributed by atoms with E-state index in [1.807, 2.05) is 0 Å². The number of pyridine rings is 1. The van der Waals surface area contributed by atoms with Gasteiger partial charge < -0.3 is 9.47 Å². The van der Waals surface area contributed by atoms with E-state index in [1.165, 1.54) is 19.2 Å². The quantitative estimate of drug-likeness (QED) is 0.760. The summed E-state index contributed by atoms with van der Waals surface area (Å²) >= 11 is 0. The number of nitriles is 1. The lowest BCUT2D eigenvalue weighted by atomic mass is 10.3. The Balaban J connectivity index is 3.08. The van der Waals surface area contributed by atoms with Crippen LogP contribution in [0, 0.1) is 11.3 Å². The van der Waals surface area contributed by atoms with Gasteiger partial charge >= 0.3 is 6.36 Å². The van der Waals surface area contributed by atoms with Crippen LogP contribution in [-0.4, -0.2) is 18.5 Å². The van der Waals surface area contributed by atoms with Crippen LogP contribution < -0.4 is 9.47 Å². The Morgan fingerprint density at radius 3 is 2.53 bits per heavy atom. The van der Waals surface area contributed by atoms with Gasteiger partial charge in [-0.3, -0.25) is 0 Å². The van der Waals surface area contributed by atoms with E-state index < -0.39 is 12.2 Å². The highest BCUT2D eigenvalue weighted by atomic mass is 19.4. The number of hydrogen-bond acceptors (Lipinski definition) is 4. The molecule has 0 unspecified atom stereocenters. The summed E-state index contributed by atoms with van der Waals surface area (Å²) in [5.74, 6) is -0.963. The van der Waals surface area contributed by atoms with Crippen LogP contribution in [0.4, 0.5) is 13.2 Å².